The first-order valence-electron chi connectivity index (χ1n) is 10.2. The minimum atomic E-state index is 0.0195. The molecule has 1 aliphatic carbocycles. The fourth-order valence-electron chi connectivity index (χ4n) is 4.43. The fraction of sp³-hybridized carbons (Fsp3) is 0.120. The van der Waals surface area contributed by atoms with Gasteiger partial charge < -0.3 is 10.3 Å². The largest absolute Gasteiger partial charge is 0.361 e. The minimum Gasteiger partial charge on any atom is -0.361 e. The van der Waals surface area contributed by atoms with Crippen LogP contribution in [-0.2, 0) is 4.79 Å². The topological polar surface area (TPSA) is 73.6 Å². The van der Waals surface area contributed by atoms with Crippen LogP contribution in [0.2, 0.25) is 0 Å². The van der Waals surface area contributed by atoms with Gasteiger partial charge in [0.05, 0.1) is 17.4 Å². The van der Waals surface area contributed by atoms with Crippen LogP contribution in [0.4, 0.5) is 5.69 Å². The number of rotatable bonds is 4. The van der Waals surface area contributed by atoms with E-state index in [1.54, 1.807) is 6.20 Å². The van der Waals surface area contributed by atoms with E-state index >= 15 is 0 Å². The first kappa shape index (κ1) is 17.0. The highest BCUT2D eigenvalue weighted by atomic mass is 16.2. The van der Waals surface area contributed by atoms with Crippen LogP contribution < -0.4 is 5.32 Å². The van der Waals surface area contributed by atoms with Gasteiger partial charge in [-0.2, -0.15) is 5.10 Å². The number of carbonyl (C=O) groups is 1. The third-order valence-corrected chi connectivity index (χ3v) is 6.08. The van der Waals surface area contributed by atoms with E-state index in [4.69, 9.17) is 0 Å². The van der Waals surface area contributed by atoms with Crippen molar-refractivity contribution in [2.75, 3.05) is 5.32 Å². The van der Waals surface area contributed by atoms with Crippen LogP contribution in [0.5, 0.6) is 0 Å². The highest BCUT2D eigenvalue weighted by molar-refractivity contribution is 6.06. The van der Waals surface area contributed by atoms with Gasteiger partial charge in [-0.3, -0.25) is 9.89 Å². The van der Waals surface area contributed by atoms with Crippen LogP contribution in [0.25, 0.3) is 32.9 Å². The number of carbonyl (C=O) groups excluding carboxylic acids is 1. The van der Waals surface area contributed by atoms with Crippen molar-refractivity contribution in [1.29, 1.82) is 0 Å². The van der Waals surface area contributed by atoms with Crippen molar-refractivity contribution in [3.8, 4) is 11.1 Å². The summed E-state index contributed by atoms with van der Waals surface area (Å²) < 4.78 is 0. The maximum absolute atomic E-state index is 13.0. The SMILES string of the molecule is O=C(Nc1cc(-c2cccc3[nH]ccc23)cc2[nH]ncc12)[C@@H]1C[C@H]1c1ccccc1. The average Bonchev–Trinajstić information content (AvgIpc) is 3.18. The molecular formula is C25H20N4O. The lowest BCUT2D eigenvalue weighted by Gasteiger charge is -2.11. The zero-order valence-corrected chi connectivity index (χ0v) is 16.2. The summed E-state index contributed by atoms with van der Waals surface area (Å²) in [6.45, 7) is 0. The lowest BCUT2D eigenvalue weighted by molar-refractivity contribution is -0.117. The van der Waals surface area contributed by atoms with Crippen LogP contribution in [0.15, 0.2) is 79.1 Å². The minimum absolute atomic E-state index is 0.0195. The lowest BCUT2D eigenvalue weighted by Crippen LogP contribution is -2.14. The van der Waals surface area contributed by atoms with Crippen molar-refractivity contribution in [2.45, 2.75) is 12.3 Å². The van der Waals surface area contributed by atoms with Crippen molar-refractivity contribution >= 4 is 33.4 Å². The highest BCUT2D eigenvalue weighted by Gasteiger charge is 2.43. The van der Waals surface area contributed by atoms with E-state index in [1.807, 2.05) is 30.5 Å². The molecule has 2 heterocycles. The number of aromatic amines is 2. The van der Waals surface area contributed by atoms with E-state index in [0.717, 1.165) is 45.0 Å². The lowest BCUT2D eigenvalue weighted by atomic mass is 9.99. The Morgan fingerprint density at radius 2 is 1.87 bits per heavy atom. The van der Waals surface area contributed by atoms with E-state index in [2.05, 4.69) is 63.0 Å². The van der Waals surface area contributed by atoms with Gasteiger partial charge in [-0.1, -0.05) is 42.5 Å². The zero-order valence-electron chi connectivity index (χ0n) is 16.2. The Labute approximate surface area is 173 Å². The summed E-state index contributed by atoms with van der Waals surface area (Å²) in [4.78, 5) is 16.3. The van der Waals surface area contributed by atoms with Crippen LogP contribution in [0.3, 0.4) is 0 Å². The summed E-state index contributed by atoms with van der Waals surface area (Å²) in [6.07, 6.45) is 4.61. The number of amides is 1. The molecule has 146 valence electrons. The van der Waals surface area contributed by atoms with E-state index in [1.165, 1.54) is 5.56 Å². The van der Waals surface area contributed by atoms with Gasteiger partial charge in [-0.25, -0.2) is 0 Å². The molecule has 6 rings (SSSR count). The molecule has 5 aromatic rings. The van der Waals surface area contributed by atoms with Crippen molar-refractivity contribution < 1.29 is 4.79 Å². The van der Waals surface area contributed by atoms with Gasteiger partial charge in [0, 0.05) is 28.4 Å². The monoisotopic (exact) mass is 392 g/mol. The van der Waals surface area contributed by atoms with E-state index in [9.17, 15) is 4.79 Å². The Morgan fingerprint density at radius 1 is 0.967 bits per heavy atom. The molecule has 5 nitrogen and oxygen atoms in total. The summed E-state index contributed by atoms with van der Waals surface area (Å²) in [7, 11) is 0. The van der Waals surface area contributed by atoms with Gasteiger partial charge in [0.15, 0.2) is 0 Å². The summed E-state index contributed by atoms with van der Waals surface area (Å²) in [5.41, 5.74) is 6.20. The normalized spacial score (nSPS) is 18.0. The Morgan fingerprint density at radius 3 is 2.77 bits per heavy atom. The number of nitrogens with one attached hydrogen (secondary N) is 3. The van der Waals surface area contributed by atoms with E-state index in [-0.39, 0.29) is 11.8 Å². The number of hydrogen-bond acceptors (Lipinski definition) is 2. The molecule has 0 saturated heterocycles. The molecule has 1 amide bonds. The number of fused-ring (bicyclic) bond motifs is 2. The Kier molecular flexibility index (Phi) is 3.74. The molecule has 1 saturated carbocycles. The molecule has 3 N–H and O–H groups in total. The number of aromatic nitrogens is 3. The first-order valence-corrected chi connectivity index (χ1v) is 10.2. The Bertz CT molecular complexity index is 1380. The molecule has 0 unspecified atom stereocenters. The van der Waals surface area contributed by atoms with Crippen LogP contribution in [-0.4, -0.2) is 21.1 Å². The molecule has 0 radical (unpaired) electrons. The number of anilines is 1. The van der Waals surface area contributed by atoms with Gasteiger partial charge in [0.1, 0.15) is 0 Å². The molecule has 1 fully saturated rings. The summed E-state index contributed by atoms with van der Waals surface area (Å²) >= 11 is 0. The van der Waals surface area contributed by atoms with Gasteiger partial charge >= 0.3 is 0 Å². The maximum atomic E-state index is 13.0. The molecule has 2 aromatic heterocycles. The van der Waals surface area contributed by atoms with Crippen LogP contribution >= 0.6 is 0 Å². The van der Waals surface area contributed by atoms with Crippen molar-refractivity contribution in [2.24, 2.45) is 5.92 Å². The smallest absolute Gasteiger partial charge is 0.228 e. The van der Waals surface area contributed by atoms with Crippen LogP contribution in [0.1, 0.15) is 17.9 Å². The number of benzene rings is 3. The van der Waals surface area contributed by atoms with Gasteiger partial charge in [-0.15, -0.1) is 0 Å². The van der Waals surface area contributed by atoms with E-state index < -0.39 is 0 Å². The Hall–Kier alpha value is -3.86. The molecule has 0 bridgehead atoms. The van der Waals surface area contributed by atoms with Crippen molar-refractivity contribution in [3.05, 3.63) is 84.7 Å². The van der Waals surface area contributed by atoms with Gasteiger partial charge in [0.25, 0.3) is 0 Å². The third-order valence-electron chi connectivity index (χ3n) is 6.08. The molecule has 1 aliphatic rings. The molecule has 30 heavy (non-hydrogen) atoms. The van der Waals surface area contributed by atoms with Crippen molar-refractivity contribution in [3.63, 3.8) is 0 Å². The quantitative estimate of drug-likeness (QED) is 0.380. The second kappa shape index (κ2) is 6.59. The number of hydrogen-bond donors (Lipinski definition) is 3. The second-order valence-electron chi connectivity index (χ2n) is 7.95. The predicted octanol–water partition coefficient (Wildman–Crippen LogP) is 5.45. The molecular weight excluding hydrogens is 372 g/mol. The zero-order chi connectivity index (χ0) is 20.1. The second-order valence-corrected chi connectivity index (χ2v) is 7.95. The number of nitrogens with zero attached hydrogens (tertiary/aromatic N) is 1. The molecule has 0 aliphatic heterocycles. The molecule has 3 aromatic carbocycles. The molecule has 0 spiro atoms. The van der Waals surface area contributed by atoms with Crippen molar-refractivity contribution in [1.82, 2.24) is 15.2 Å². The summed E-state index contributed by atoms with van der Waals surface area (Å²) in [5, 5.41) is 12.5. The summed E-state index contributed by atoms with van der Waals surface area (Å²) in [5.74, 6) is 0.400. The maximum Gasteiger partial charge on any atom is 0.228 e. The molecule has 2 atom stereocenters. The van der Waals surface area contributed by atoms with Gasteiger partial charge in [0.2, 0.25) is 5.91 Å². The average molecular weight is 392 g/mol. The van der Waals surface area contributed by atoms with E-state index in [0.29, 0.717) is 5.92 Å². The highest BCUT2D eigenvalue weighted by Crippen LogP contribution is 2.48. The molecule has 5 heteroatoms. The predicted molar refractivity (Wildman–Crippen MR) is 119 cm³/mol. The number of H-pyrrole nitrogens is 2. The first-order chi connectivity index (χ1) is 14.8. The standard InChI is InChI=1S/C25H20N4O/c30-25(20-13-19(20)15-5-2-1-3-6-15)28-23-11-16(12-24-21(23)14-27-29-24)17-7-4-8-22-18(17)9-10-26-22/h1-12,14,19-20,26H,13H2,(H,27,29)(H,28,30)/t19-,20+/m0/s1. The fourth-order valence-corrected chi connectivity index (χ4v) is 4.43. The van der Waals surface area contributed by atoms with Gasteiger partial charge in [-0.05, 0) is 53.3 Å². The summed E-state index contributed by atoms with van der Waals surface area (Å²) in [6, 6.07) is 22.7. The third kappa shape index (κ3) is 2.78. The van der Waals surface area contributed by atoms with Crippen LogP contribution in [0, 0.1) is 5.92 Å². The Balaban J connectivity index is 1.35.